The summed E-state index contributed by atoms with van der Waals surface area (Å²) in [6.45, 7) is 3.78. The number of para-hydroxylation sites is 1. The number of aromatic nitrogens is 2. The second kappa shape index (κ2) is 7.19. The van der Waals surface area contributed by atoms with Crippen LogP contribution in [0.15, 0.2) is 47.5 Å². The molecule has 0 atom stereocenters. The number of piperidine rings is 1. The van der Waals surface area contributed by atoms with Crippen LogP contribution in [0, 0.1) is 6.92 Å². The van der Waals surface area contributed by atoms with Crippen LogP contribution in [0.2, 0.25) is 0 Å². The highest BCUT2D eigenvalue weighted by Crippen LogP contribution is 2.22. The lowest BCUT2D eigenvalue weighted by atomic mass is 10.0. The van der Waals surface area contributed by atoms with Gasteiger partial charge in [-0.15, -0.1) is 0 Å². The van der Waals surface area contributed by atoms with Gasteiger partial charge in [0.2, 0.25) is 0 Å². The number of nitrogens with zero attached hydrogens (tertiary/aromatic N) is 3. The van der Waals surface area contributed by atoms with Crippen molar-refractivity contribution in [3.8, 4) is 0 Å². The molecule has 0 unspecified atom stereocenters. The van der Waals surface area contributed by atoms with Crippen molar-refractivity contribution >= 4 is 22.5 Å². The minimum absolute atomic E-state index is 0.122. The Morgan fingerprint density at radius 3 is 2.39 bits per heavy atom. The van der Waals surface area contributed by atoms with Crippen LogP contribution < -0.4 is 15.8 Å². The summed E-state index contributed by atoms with van der Waals surface area (Å²) in [5.74, 6) is -0.161. The highest BCUT2D eigenvalue weighted by molar-refractivity contribution is 6.07. The van der Waals surface area contributed by atoms with Gasteiger partial charge < -0.3 is 19.4 Å². The maximum atomic E-state index is 13.0. The summed E-state index contributed by atoms with van der Waals surface area (Å²) in [5.41, 5.74) is 3.36. The van der Waals surface area contributed by atoms with Gasteiger partial charge in [0.05, 0.1) is 16.5 Å². The summed E-state index contributed by atoms with van der Waals surface area (Å²) in [6.07, 6.45) is 5.37. The smallest absolute Gasteiger partial charge is 0.260 e. The molecule has 1 aliphatic heterocycles. The Kier molecular flexibility index (Phi) is 4.71. The van der Waals surface area contributed by atoms with Crippen LogP contribution in [0.25, 0.3) is 10.9 Å². The van der Waals surface area contributed by atoms with Gasteiger partial charge in [-0.05, 0) is 37.5 Å². The number of anilines is 1. The van der Waals surface area contributed by atoms with Gasteiger partial charge >= 0.3 is 0 Å². The van der Waals surface area contributed by atoms with Crippen molar-refractivity contribution in [2.75, 3.05) is 18.0 Å². The van der Waals surface area contributed by atoms with Gasteiger partial charge in [0, 0.05) is 51.3 Å². The van der Waals surface area contributed by atoms with Gasteiger partial charge in [-0.3, -0.25) is 9.59 Å². The average Bonchev–Trinajstić information content (AvgIpc) is 3.05. The molecule has 0 bridgehead atoms. The molecular weight excluding hydrogens is 352 g/mol. The van der Waals surface area contributed by atoms with Crippen molar-refractivity contribution in [1.82, 2.24) is 14.5 Å². The molecule has 28 heavy (non-hydrogen) atoms. The number of fused-ring (bicyclic) bond motifs is 1. The van der Waals surface area contributed by atoms with Crippen molar-refractivity contribution in [2.45, 2.75) is 25.8 Å². The fourth-order valence-electron chi connectivity index (χ4n) is 4.26. The summed E-state index contributed by atoms with van der Waals surface area (Å²) in [4.78, 5) is 28.0. The standard InChI is InChI=1S/C22H26N4O2/c1-15-13-25(3)22(28)19-18(14-24(2)20(15)19)21(27)23-16-9-11-26(12-10-16)17-7-5-4-6-8-17/h4-8,13-14,16H,9-12H2,1-3H3,(H,23,27). The van der Waals surface area contributed by atoms with E-state index in [0.29, 0.717) is 10.9 Å². The number of carbonyl (C=O) groups excluding carboxylic acids is 1. The molecule has 0 saturated carbocycles. The SMILES string of the molecule is Cc1cn(C)c(=O)c2c(C(=O)NC3CCN(c4ccccc4)CC3)cn(C)c12. The molecule has 1 aliphatic rings. The number of aryl methyl sites for hydroxylation is 3. The Morgan fingerprint density at radius 1 is 1.04 bits per heavy atom. The molecule has 1 N–H and O–H groups in total. The fourth-order valence-corrected chi connectivity index (χ4v) is 4.26. The Bertz CT molecular complexity index is 1070. The zero-order valence-electron chi connectivity index (χ0n) is 16.6. The Labute approximate surface area is 164 Å². The van der Waals surface area contributed by atoms with E-state index in [0.717, 1.165) is 37.0 Å². The van der Waals surface area contributed by atoms with Gasteiger partial charge in [-0.2, -0.15) is 0 Å². The third-order valence-electron chi connectivity index (χ3n) is 5.67. The Morgan fingerprint density at radius 2 is 1.71 bits per heavy atom. The molecule has 1 aromatic carbocycles. The first-order valence-electron chi connectivity index (χ1n) is 9.72. The molecule has 4 rings (SSSR count). The molecule has 2 aromatic heterocycles. The lowest BCUT2D eigenvalue weighted by Gasteiger charge is -2.34. The molecule has 6 nitrogen and oxygen atoms in total. The number of hydrogen-bond acceptors (Lipinski definition) is 3. The minimum atomic E-state index is -0.161. The summed E-state index contributed by atoms with van der Waals surface area (Å²) >= 11 is 0. The molecular formula is C22H26N4O2. The van der Waals surface area contributed by atoms with E-state index >= 15 is 0 Å². The van der Waals surface area contributed by atoms with Crippen LogP contribution >= 0.6 is 0 Å². The summed E-state index contributed by atoms with van der Waals surface area (Å²) in [5, 5.41) is 3.66. The number of carbonyl (C=O) groups is 1. The largest absolute Gasteiger partial charge is 0.371 e. The maximum Gasteiger partial charge on any atom is 0.260 e. The first-order valence-corrected chi connectivity index (χ1v) is 9.72. The van der Waals surface area contributed by atoms with Crippen LogP contribution in [0.3, 0.4) is 0 Å². The first kappa shape index (κ1) is 18.3. The lowest BCUT2D eigenvalue weighted by Crippen LogP contribution is -2.44. The third kappa shape index (κ3) is 3.19. The third-order valence-corrected chi connectivity index (χ3v) is 5.67. The quantitative estimate of drug-likeness (QED) is 0.762. The summed E-state index contributed by atoms with van der Waals surface area (Å²) in [6, 6.07) is 10.5. The van der Waals surface area contributed by atoms with E-state index in [4.69, 9.17) is 0 Å². The van der Waals surface area contributed by atoms with Crippen LogP contribution in [-0.4, -0.2) is 34.2 Å². The van der Waals surface area contributed by atoms with Gasteiger partial charge in [-0.25, -0.2) is 0 Å². The summed E-state index contributed by atoms with van der Waals surface area (Å²) in [7, 11) is 3.60. The van der Waals surface area contributed by atoms with Crippen molar-refractivity contribution < 1.29 is 4.79 Å². The first-order chi connectivity index (χ1) is 13.5. The second-order valence-electron chi connectivity index (χ2n) is 7.68. The van der Waals surface area contributed by atoms with Crippen LogP contribution in [-0.2, 0) is 14.1 Å². The molecule has 0 spiro atoms. The molecule has 1 saturated heterocycles. The molecule has 6 heteroatoms. The van der Waals surface area contributed by atoms with E-state index in [1.54, 1.807) is 17.8 Å². The second-order valence-corrected chi connectivity index (χ2v) is 7.68. The zero-order valence-corrected chi connectivity index (χ0v) is 16.6. The van der Waals surface area contributed by atoms with E-state index < -0.39 is 0 Å². The van der Waals surface area contributed by atoms with Crippen molar-refractivity contribution in [1.29, 1.82) is 0 Å². The van der Waals surface area contributed by atoms with Gasteiger partial charge in [0.15, 0.2) is 0 Å². The normalized spacial score (nSPS) is 15.2. The molecule has 3 heterocycles. The van der Waals surface area contributed by atoms with Gasteiger partial charge in [0.25, 0.3) is 11.5 Å². The summed E-state index contributed by atoms with van der Waals surface area (Å²) < 4.78 is 3.42. The molecule has 0 radical (unpaired) electrons. The molecule has 1 amide bonds. The highest BCUT2D eigenvalue weighted by atomic mass is 16.2. The number of amides is 1. The van der Waals surface area contributed by atoms with Gasteiger partial charge in [-0.1, -0.05) is 18.2 Å². The monoisotopic (exact) mass is 378 g/mol. The molecule has 1 fully saturated rings. The number of pyridine rings is 1. The van der Waals surface area contributed by atoms with Crippen molar-refractivity contribution in [3.05, 3.63) is 64.2 Å². The topological polar surface area (TPSA) is 59.3 Å². The Hall–Kier alpha value is -3.02. The zero-order chi connectivity index (χ0) is 19.8. The number of nitrogens with one attached hydrogen (secondary N) is 1. The molecule has 146 valence electrons. The van der Waals surface area contributed by atoms with E-state index in [2.05, 4.69) is 22.3 Å². The van der Waals surface area contributed by atoms with E-state index in [9.17, 15) is 9.59 Å². The van der Waals surface area contributed by atoms with Crippen LogP contribution in [0.1, 0.15) is 28.8 Å². The van der Waals surface area contributed by atoms with E-state index in [1.807, 2.05) is 42.9 Å². The minimum Gasteiger partial charge on any atom is -0.371 e. The molecule has 3 aromatic rings. The lowest BCUT2D eigenvalue weighted by molar-refractivity contribution is 0.0932. The number of benzene rings is 1. The van der Waals surface area contributed by atoms with Crippen molar-refractivity contribution in [2.24, 2.45) is 14.1 Å². The van der Waals surface area contributed by atoms with Gasteiger partial charge in [0.1, 0.15) is 0 Å². The predicted molar refractivity (Wildman–Crippen MR) is 112 cm³/mol. The van der Waals surface area contributed by atoms with Crippen molar-refractivity contribution in [3.63, 3.8) is 0 Å². The van der Waals surface area contributed by atoms with E-state index in [1.165, 1.54) is 5.69 Å². The van der Waals surface area contributed by atoms with E-state index in [-0.39, 0.29) is 17.5 Å². The number of hydrogen-bond donors (Lipinski definition) is 1. The highest BCUT2D eigenvalue weighted by Gasteiger charge is 2.24. The average molecular weight is 378 g/mol. The predicted octanol–water partition coefficient (Wildman–Crippen LogP) is 2.58. The fraction of sp³-hybridized carbons (Fsp3) is 0.364. The van der Waals surface area contributed by atoms with Crippen LogP contribution in [0.4, 0.5) is 5.69 Å². The maximum absolute atomic E-state index is 13.0. The Balaban J connectivity index is 1.52. The van der Waals surface area contributed by atoms with Crippen LogP contribution in [0.5, 0.6) is 0 Å². The molecule has 0 aliphatic carbocycles. The number of rotatable bonds is 3.